The SMILES string of the molecule is Cc1ccc(Oc2ccc(NC(=O)c3ccc(NC(=O)C(F)(F)F)cc3)cc2)cc1. The summed E-state index contributed by atoms with van der Waals surface area (Å²) in [5, 5.41) is 4.40. The van der Waals surface area contributed by atoms with Gasteiger partial charge in [-0.1, -0.05) is 17.7 Å². The molecule has 0 fully saturated rings. The molecule has 0 unspecified atom stereocenters. The Morgan fingerprint density at radius 2 is 1.20 bits per heavy atom. The topological polar surface area (TPSA) is 67.4 Å². The van der Waals surface area contributed by atoms with Gasteiger partial charge in [-0.3, -0.25) is 9.59 Å². The molecule has 0 aliphatic heterocycles. The van der Waals surface area contributed by atoms with Crippen LogP contribution in [0.3, 0.4) is 0 Å². The predicted octanol–water partition coefficient (Wildman–Crippen LogP) is 5.54. The average molecular weight is 414 g/mol. The third-order valence-corrected chi connectivity index (χ3v) is 4.03. The van der Waals surface area contributed by atoms with Gasteiger partial charge in [0.15, 0.2) is 0 Å². The monoisotopic (exact) mass is 414 g/mol. The van der Waals surface area contributed by atoms with Crippen molar-refractivity contribution in [3.05, 3.63) is 83.9 Å². The molecular weight excluding hydrogens is 397 g/mol. The summed E-state index contributed by atoms with van der Waals surface area (Å²) in [5.41, 5.74) is 1.80. The van der Waals surface area contributed by atoms with Crippen LogP contribution >= 0.6 is 0 Å². The average Bonchev–Trinajstić information content (AvgIpc) is 2.71. The van der Waals surface area contributed by atoms with Gasteiger partial charge in [0.1, 0.15) is 11.5 Å². The van der Waals surface area contributed by atoms with Gasteiger partial charge < -0.3 is 15.4 Å². The highest BCUT2D eigenvalue weighted by Gasteiger charge is 2.38. The summed E-state index contributed by atoms with van der Waals surface area (Å²) in [6.07, 6.45) is -4.98. The van der Waals surface area contributed by atoms with Crippen molar-refractivity contribution in [1.82, 2.24) is 0 Å². The number of halogens is 3. The van der Waals surface area contributed by atoms with Crippen LogP contribution in [0.4, 0.5) is 24.5 Å². The molecule has 0 aliphatic carbocycles. The van der Waals surface area contributed by atoms with Crippen LogP contribution in [-0.2, 0) is 4.79 Å². The highest BCUT2D eigenvalue weighted by atomic mass is 19.4. The van der Waals surface area contributed by atoms with E-state index >= 15 is 0 Å². The number of carbonyl (C=O) groups is 2. The van der Waals surface area contributed by atoms with E-state index in [1.54, 1.807) is 29.6 Å². The third kappa shape index (κ3) is 5.60. The number of alkyl halides is 3. The van der Waals surface area contributed by atoms with Gasteiger partial charge >= 0.3 is 12.1 Å². The van der Waals surface area contributed by atoms with E-state index in [-0.39, 0.29) is 11.3 Å². The number of hydrogen-bond acceptors (Lipinski definition) is 3. The van der Waals surface area contributed by atoms with Crippen LogP contribution < -0.4 is 15.4 Å². The molecule has 0 heterocycles. The summed E-state index contributed by atoms with van der Waals surface area (Å²) >= 11 is 0. The number of aryl methyl sites for hydroxylation is 1. The maximum Gasteiger partial charge on any atom is 0.471 e. The zero-order valence-corrected chi connectivity index (χ0v) is 15.8. The maximum absolute atomic E-state index is 12.3. The summed E-state index contributed by atoms with van der Waals surface area (Å²) in [6, 6.07) is 19.4. The van der Waals surface area contributed by atoms with Crippen molar-refractivity contribution in [1.29, 1.82) is 0 Å². The predicted molar refractivity (Wildman–Crippen MR) is 107 cm³/mol. The molecule has 0 aliphatic rings. The number of hydrogen-bond donors (Lipinski definition) is 2. The second kappa shape index (κ2) is 8.69. The Hall–Kier alpha value is -3.81. The molecule has 3 aromatic carbocycles. The van der Waals surface area contributed by atoms with Crippen molar-refractivity contribution < 1.29 is 27.5 Å². The van der Waals surface area contributed by atoms with Gasteiger partial charge in [-0.15, -0.1) is 0 Å². The maximum atomic E-state index is 12.3. The fraction of sp³-hybridized carbons (Fsp3) is 0.0909. The molecule has 3 rings (SSSR count). The van der Waals surface area contributed by atoms with Crippen molar-refractivity contribution in [2.45, 2.75) is 13.1 Å². The Bertz CT molecular complexity index is 1030. The fourth-order valence-corrected chi connectivity index (χ4v) is 2.46. The molecule has 0 atom stereocenters. The van der Waals surface area contributed by atoms with E-state index in [9.17, 15) is 22.8 Å². The summed E-state index contributed by atoms with van der Waals surface area (Å²) in [4.78, 5) is 23.2. The summed E-state index contributed by atoms with van der Waals surface area (Å²) in [7, 11) is 0. The number of nitrogens with one attached hydrogen (secondary N) is 2. The van der Waals surface area contributed by atoms with Crippen molar-refractivity contribution in [3.8, 4) is 11.5 Å². The van der Waals surface area contributed by atoms with Gasteiger partial charge in [0, 0.05) is 16.9 Å². The first kappa shape index (κ1) is 20.9. The number of carbonyl (C=O) groups excluding carboxylic acids is 2. The second-order valence-electron chi connectivity index (χ2n) is 6.42. The van der Waals surface area contributed by atoms with Crippen LogP contribution in [0.15, 0.2) is 72.8 Å². The second-order valence-corrected chi connectivity index (χ2v) is 6.42. The Morgan fingerprint density at radius 1 is 0.733 bits per heavy atom. The molecule has 0 radical (unpaired) electrons. The number of anilines is 2. The largest absolute Gasteiger partial charge is 0.471 e. The molecule has 0 saturated heterocycles. The minimum absolute atomic E-state index is 0.0634. The van der Waals surface area contributed by atoms with E-state index < -0.39 is 18.0 Å². The minimum atomic E-state index is -4.98. The molecule has 8 heteroatoms. The van der Waals surface area contributed by atoms with E-state index in [1.165, 1.54) is 24.3 Å². The number of rotatable bonds is 5. The van der Waals surface area contributed by atoms with Crippen LogP contribution in [0.5, 0.6) is 11.5 Å². The van der Waals surface area contributed by atoms with Crippen molar-refractivity contribution in [2.24, 2.45) is 0 Å². The van der Waals surface area contributed by atoms with Crippen molar-refractivity contribution >= 4 is 23.2 Å². The third-order valence-electron chi connectivity index (χ3n) is 4.03. The molecule has 2 N–H and O–H groups in total. The number of ether oxygens (including phenoxy) is 1. The van der Waals surface area contributed by atoms with Gasteiger partial charge in [-0.25, -0.2) is 0 Å². The molecule has 5 nitrogen and oxygen atoms in total. The first-order valence-corrected chi connectivity index (χ1v) is 8.85. The fourth-order valence-electron chi connectivity index (χ4n) is 2.46. The molecule has 154 valence electrons. The van der Waals surface area contributed by atoms with E-state index in [4.69, 9.17) is 4.74 Å². The van der Waals surface area contributed by atoms with E-state index in [0.717, 1.165) is 5.56 Å². The Labute approximate surface area is 170 Å². The first-order valence-electron chi connectivity index (χ1n) is 8.85. The number of benzene rings is 3. The van der Waals surface area contributed by atoms with Crippen molar-refractivity contribution in [2.75, 3.05) is 10.6 Å². The lowest BCUT2D eigenvalue weighted by Crippen LogP contribution is -2.29. The van der Waals surface area contributed by atoms with Crippen molar-refractivity contribution in [3.63, 3.8) is 0 Å². The van der Waals surface area contributed by atoms with E-state index in [0.29, 0.717) is 17.2 Å². The van der Waals surface area contributed by atoms with E-state index in [2.05, 4.69) is 5.32 Å². The molecule has 30 heavy (non-hydrogen) atoms. The van der Waals surface area contributed by atoms with Crippen LogP contribution in [-0.4, -0.2) is 18.0 Å². The molecule has 2 amide bonds. The van der Waals surface area contributed by atoms with Gasteiger partial charge in [-0.05, 0) is 67.6 Å². The van der Waals surface area contributed by atoms with Gasteiger partial charge in [0.25, 0.3) is 5.91 Å². The Balaban J connectivity index is 1.59. The number of amides is 2. The van der Waals surface area contributed by atoms with Crippen LogP contribution in [0.2, 0.25) is 0 Å². The van der Waals surface area contributed by atoms with Gasteiger partial charge in [-0.2, -0.15) is 13.2 Å². The lowest BCUT2D eigenvalue weighted by Gasteiger charge is -2.10. The molecule has 0 bridgehead atoms. The smallest absolute Gasteiger partial charge is 0.457 e. The molecule has 0 spiro atoms. The summed E-state index contributed by atoms with van der Waals surface area (Å²) < 4.78 is 42.5. The summed E-state index contributed by atoms with van der Waals surface area (Å²) in [5.74, 6) is -1.24. The normalized spacial score (nSPS) is 10.9. The van der Waals surface area contributed by atoms with Crippen LogP contribution in [0.25, 0.3) is 0 Å². The van der Waals surface area contributed by atoms with Gasteiger partial charge in [0.2, 0.25) is 0 Å². The zero-order chi connectivity index (χ0) is 21.7. The zero-order valence-electron chi connectivity index (χ0n) is 15.8. The standard InChI is InChI=1S/C22H17F3N2O3/c1-14-2-10-18(11-3-14)30-19-12-8-16(9-13-19)26-20(28)15-4-6-17(7-5-15)27-21(29)22(23,24)25/h2-13H,1H3,(H,26,28)(H,27,29). The lowest BCUT2D eigenvalue weighted by atomic mass is 10.2. The quantitative estimate of drug-likeness (QED) is 0.576. The molecule has 0 saturated carbocycles. The Kier molecular flexibility index (Phi) is 6.06. The molecule has 0 aromatic heterocycles. The van der Waals surface area contributed by atoms with Crippen LogP contribution in [0.1, 0.15) is 15.9 Å². The lowest BCUT2D eigenvalue weighted by molar-refractivity contribution is -0.167. The molecule has 3 aromatic rings. The molecular formula is C22H17F3N2O3. The highest BCUT2D eigenvalue weighted by Crippen LogP contribution is 2.24. The summed E-state index contributed by atoms with van der Waals surface area (Å²) in [6.45, 7) is 1.98. The first-order chi connectivity index (χ1) is 14.2. The van der Waals surface area contributed by atoms with Crippen LogP contribution in [0, 0.1) is 6.92 Å². The Morgan fingerprint density at radius 3 is 1.73 bits per heavy atom. The highest BCUT2D eigenvalue weighted by molar-refractivity contribution is 6.04. The van der Waals surface area contributed by atoms with E-state index in [1.807, 2.05) is 31.2 Å². The van der Waals surface area contributed by atoms with Gasteiger partial charge in [0.05, 0.1) is 0 Å². The minimum Gasteiger partial charge on any atom is -0.457 e.